The maximum absolute atomic E-state index is 9.07. The van der Waals surface area contributed by atoms with Crippen molar-refractivity contribution in [1.29, 1.82) is 5.26 Å². The molecule has 0 fully saturated rings. The summed E-state index contributed by atoms with van der Waals surface area (Å²) in [5.74, 6) is 1.80. The smallest absolute Gasteiger partial charge is 0.217 e. The Labute approximate surface area is 334 Å². The van der Waals surface area contributed by atoms with Crippen LogP contribution in [0.1, 0.15) is 85.4 Å². The van der Waals surface area contributed by atoms with Gasteiger partial charge in [-0.05, 0) is 70.8 Å². The Morgan fingerprint density at radius 2 is 1.57 bits per heavy atom. The molecule has 8 rings (SSSR count). The molecule has 0 aliphatic heterocycles. The van der Waals surface area contributed by atoms with Crippen LogP contribution >= 0.6 is 0 Å². The number of para-hydroxylation sites is 3. The number of pyridine rings is 2. The molecule has 4 aromatic carbocycles. The van der Waals surface area contributed by atoms with Crippen LogP contribution < -0.4 is 0 Å². The molecule has 1 radical (unpaired) electrons. The third-order valence-electron chi connectivity index (χ3n) is 9.03. The van der Waals surface area contributed by atoms with Crippen LogP contribution in [-0.4, -0.2) is 19.5 Å². The van der Waals surface area contributed by atoms with Crippen molar-refractivity contribution < 1.29 is 27.3 Å². The van der Waals surface area contributed by atoms with Gasteiger partial charge in [-0.25, -0.2) is 4.98 Å². The van der Waals surface area contributed by atoms with Crippen LogP contribution in [0.5, 0.6) is 0 Å². The van der Waals surface area contributed by atoms with Crippen molar-refractivity contribution in [3.8, 4) is 34.4 Å². The van der Waals surface area contributed by atoms with E-state index in [1.807, 2.05) is 57.2 Å². The summed E-state index contributed by atoms with van der Waals surface area (Å²) in [5, 5.41) is 10.7. The van der Waals surface area contributed by atoms with Gasteiger partial charge in [0.15, 0.2) is 0 Å². The molecule has 0 aliphatic rings. The molecule has 7 heteroatoms. The number of imidazole rings is 1. The van der Waals surface area contributed by atoms with Crippen LogP contribution in [0.2, 0.25) is 0 Å². The minimum atomic E-state index is -1.53. The normalized spacial score (nSPS) is 12.3. The topological polar surface area (TPSA) is 80.5 Å². The monoisotopic (exact) mass is 888 g/mol. The molecule has 0 amide bonds. The van der Waals surface area contributed by atoms with Gasteiger partial charge in [0.05, 0.1) is 22.4 Å². The number of aromatic nitrogens is 4. The first-order chi connectivity index (χ1) is 26.3. The molecule has 0 unspecified atom stereocenters. The molecule has 0 saturated heterocycles. The zero-order valence-corrected chi connectivity index (χ0v) is 33.9. The summed E-state index contributed by atoms with van der Waals surface area (Å²) >= 11 is 0. The average molecular weight is 888 g/mol. The van der Waals surface area contributed by atoms with Gasteiger partial charge in [-0.15, -0.1) is 54.1 Å². The fourth-order valence-electron chi connectivity index (χ4n) is 6.69. The summed E-state index contributed by atoms with van der Waals surface area (Å²) in [5.41, 5.74) is 9.57. The summed E-state index contributed by atoms with van der Waals surface area (Å²) in [6.07, 6.45) is 0.0747. The average Bonchev–Trinajstić information content (AvgIpc) is 3.76. The quantitative estimate of drug-likeness (QED) is 0.155. The minimum Gasteiger partial charge on any atom is -0.486 e. The number of benzene rings is 4. The predicted octanol–water partition coefficient (Wildman–Crippen LogP) is 12.0. The summed E-state index contributed by atoms with van der Waals surface area (Å²) < 4.78 is 25.4. The van der Waals surface area contributed by atoms with Crippen LogP contribution in [0.15, 0.2) is 114 Å². The van der Waals surface area contributed by atoms with Gasteiger partial charge < -0.3 is 14.0 Å². The number of nitrogens with zero attached hydrogens (tertiary/aromatic N) is 5. The molecular weight excluding hydrogens is 843 g/mol. The van der Waals surface area contributed by atoms with Crippen LogP contribution in [0, 0.1) is 28.9 Å². The SMILES string of the molecule is CC(C)c1cccc(C(C)C)c1-n1c(-c2[c-]cccc2)nc2ccccc21.[2H]C([2H])(c1ccnc(-c2[c-]ccc3c2oc2nc(C#N)ccc23)c1)C(C)(C)C.[Ir]. The van der Waals surface area contributed by atoms with Crippen molar-refractivity contribution in [2.24, 2.45) is 5.41 Å². The molecule has 4 aromatic heterocycles. The van der Waals surface area contributed by atoms with Crippen molar-refractivity contribution in [3.63, 3.8) is 0 Å². The zero-order chi connectivity index (χ0) is 39.1. The number of rotatable bonds is 6. The molecule has 0 spiro atoms. The second-order valence-corrected chi connectivity index (χ2v) is 14.8. The first-order valence-electron chi connectivity index (χ1n) is 19.0. The second kappa shape index (κ2) is 15.9. The molecule has 0 aliphatic carbocycles. The van der Waals surface area contributed by atoms with E-state index >= 15 is 0 Å². The van der Waals surface area contributed by atoms with E-state index in [0.717, 1.165) is 33.2 Å². The van der Waals surface area contributed by atoms with Crippen molar-refractivity contribution in [2.75, 3.05) is 0 Å². The minimum absolute atomic E-state index is 0. The van der Waals surface area contributed by atoms with E-state index in [9.17, 15) is 0 Å². The van der Waals surface area contributed by atoms with Gasteiger partial charge in [0.2, 0.25) is 5.71 Å². The third kappa shape index (κ3) is 7.78. The van der Waals surface area contributed by atoms with Gasteiger partial charge in [-0.1, -0.05) is 101 Å². The van der Waals surface area contributed by atoms with E-state index in [1.54, 1.807) is 30.5 Å². The Balaban J connectivity index is 0.000000187. The summed E-state index contributed by atoms with van der Waals surface area (Å²) in [6.45, 7) is 14.7. The first-order valence-corrected chi connectivity index (χ1v) is 18.0. The Hall–Kier alpha value is -5.41. The van der Waals surface area contributed by atoms with E-state index < -0.39 is 11.8 Å². The molecular formula is C47H43IrN5O-2. The Kier molecular flexibility index (Phi) is 10.5. The van der Waals surface area contributed by atoms with E-state index in [2.05, 4.69) is 103 Å². The standard InChI is InChI=1S/C25H25N2.C22H18N3O.Ir/c1-17(2)20-13-10-14-21(18(3)4)24(20)27-23-16-9-8-15-22(23)26-25(27)19-11-6-5-7-12-19;1-22(2,3)12-14-9-10-24-19(11-14)18-6-4-5-16-17-8-7-15(13-23)25-21(17)26-20(16)18;/h5-11,13-18H,1-4H3;4-5,7-11H,12H2,1-3H3;/q2*-1;/i;12D2;. The molecule has 0 N–H and O–H groups in total. The number of hydrogen-bond acceptors (Lipinski definition) is 5. The largest absolute Gasteiger partial charge is 0.486 e. The zero-order valence-electron chi connectivity index (χ0n) is 33.5. The van der Waals surface area contributed by atoms with E-state index in [0.29, 0.717) is 40.0 Å². The Bertz CT molecular complexity index is 2680. The van der Waals surface area contributed by atoms with Crippen LogP contribution in [0.25, 0.3) is 61.4 Å². The maximum Gasteiger partial charge on any atom is 0.217 e. The Morgan fingerprint density at radius 1 is 0.833 bits per heavy atom. The van der Waals surface area contributed by atoms with E-state index in [1.165, 1.54) is 16.8 Å². The fraction of sp³-hybridized carbons (Fsp3) is 0.234. The van der Waals surface area contributed by atoms with Crippen molar-refractivity contribution in [2.45, 2.75) is 66.7 Å². The van der Waals surface area contributed by atoms with Gasteiger partial charge >= 0.3 is 0 Å². The van der Waals surface area contributed by atoms with Crippen molar-refractivity contribution in [1.82, 2.24) is 19.5 Å². The maximum atomic E-state index is 9.07. The van der Waals surface area contributed by atoms with E-state index in [4.69, 9.17) is 17.4 Å². The molecule has 0 saturated carbocycles. The van der Waals surface area contributed by atoms with Gasteiger partial charge in [0.25, 0.3) is 0 Å². The molecule has 6 nitrogen and oxygen atoms in total. The number of furan rings is 1. The summed E-state index contributed by atoms with van der Waals surface area (Å²) in [6, 6.07) is 42.3. The van der Waals surface area contributed by atoms with E-state index in [-0.39, 0.29) is 25.8 Å². The number of nitriles is 1. The van der Waals surface area contributed by atoms with Gasteiger partial charge in [-0.2, -0.15) is 5.26 Å². The summed E-state index contributed by atoms with van der Waals surface area (Å²) in [4.78, 5) is 13.7. The van der Waals surface area contributed by atoms with Gasteiger partial charge in [0.1, 0.15) is 11.8 Å². The molecule has 273 valence electrons. The van der Waals surface area contributed by atoms with Crippen LogP contribution in [0.4, 0.5) is 0 Å². The van der Waals surface area contributed by atoms with Crippen molar-refractivity contribution in [3.05, 3.63) is 144 Å². The molecule has 54 heavy (non-hydrogen) atoms. The first kappa shape index (κ1) is 35.6. The molecule has 4 heterocycles. The van der Waals surface area contributed by atoms with Crippen LogP contribution in [-0.2, 0) is 26.5 Å². The fourth-order valence-corrected chi connectivity index (χ4v) is 6.69. The van der Waals surface area contributed by atoms with Crippen LogP contribution in [0.3, 0.4) is 0 Å². The molecule has 0 atom stereocenters. The Morgan fingerprint density at radius 3 is 2.26 bits per heavy atom. The third-order valence-corrected chi connectivity index (χ3v) is 9.03. The predicted molar refractivity (Wildman–Crippen MR) is 215 cm³/mol. The molecule has 8 aromatic rings. The van der Waals surface area contributed by atoms with Crippen molar-refractivity contribution >= 4 is 33.1 Å². The number of hydrogen-bond donors (Lipinski definition) is 0. The number of fused-ring (bicyclic) bond motifs is 4. The molecule has 0 bridgehead atoms. The van der Waals surface area contributed by atoms with Gasteiger partial charge in [0, 0.05) is 40.1 Å². The second-order valence-electron chi connectivity index (χ2n) is 14.8. The van der Waals surface area contributed by atoms with Gasteiger partial charge in [-0.3, -0.25) is 4.98 Å². The summed E-state index contributed by atoms with van der Waals surface area (Å²) in [7, 11) is 0.